The molecule has 8 N–H and O–H groups in total. The van der Waals surface area contributed by atoms with Gasteiger partial charge in [0.2, 0.25) is 17.7 Å². The Bertz CT molecular complexity index is 941. The molecular weight excluding hydrogens is 504 g/mol. The Morgan fingerprint density at radius 3 is 2.00 bits per heavy atom. The standard InChI is InChI=1S/C24H36N4O8S/c1-13(2)20(28-21(32)16(25)12-14-4-6-15(29)7-5-14)23(34)26-17(10-11-37-3)22(33)27-18(24(35)36)8-9-19(30)31/h4-7,13,16-18,20,29H,8-12,25H2,1-3H3,(H,26,34)(H,27,33)(H,28,32)(H,30,31)(H,35,36). The van der Waals surface area contributed by atoms with Crippen LogP contribution in [0, 0.1) is 5.92 Å². The Balaban J connectivity index is 2.90. The number of carbonyl (C=O) groups is 5. The van der Waals surface area contributed by atoms with Crippen molar-refractivity contribution in [2.75, 3.05) is 12.0 Å². The van der Waals surface area contributed by atoms with E-state index in [9.17, 15) is 34.2 Å². The molecular formula is C24H36N4O8S. The first-order chi connectivity index (χ1) is 17.3. The first-order valence-corrected chi connectivity index (χ1v) is 13.1. The lowest BCUT2D eigenvalue weighted by Gasteiger charge is -2.27. The molecule has 0 spiro atoms. The topological polar surface area (TPSA) is 208 Å². The minimum absolute atomic E-state index is 0.0786. The summed E-state index contributed by atoms with van der Waals surface area (Å²) in [6.07, 6.45) is 1.39. The lowest BCUT2D eigenvalue weighted by atomic mass is 10.0. The fourth-order valence-corrected chi connectivity index (χ4v) is 3.81. The Labute approximate surface area is 219 Å². The number of aliphatic carboxylic acids is 2. The van der Waals surface area contributed by atoms with Crippen molar-refractivity contribution in [2.45, 2.75) is 63.7 Å². The summed E-state index contributed by atoms with van der Waals surface area (Å²) < 4.78 is 0. The smallest absolute Gasteiger partial charge is 0.326 e. The van der Waals surface area contributed by atoms with Crippen LogP contribution in [0.5, 0.6) is 5.75 Å². The van der Waals surface area contributed by atoms with E-state index in [1.165, 1.54) is 23.9 Å². The monoisotopic (exact) mass is 540 g/mol. The molecule has 1 aromatic rings. The third kappa shape index (κ3) is 11.5. The van der Waals surface area contributed by atoms with Crippen LogP contribution in [0.3, 0.4) is 0 Å². The van der Waals surface area contributed by atoms with Gasteiger partial charge in [-0.2, -0.15) is 11.8 Å². The molecule has 4 unspecified atom stereocenters. The van der Waals surface area contributed by atoms with Gasteiger partial charge >= 0.3 is 11.9 Å². The Morgan fingerprint density at radius 1 is 0.892 bits per heavy atom. The van der Waals surface area contributed by atoms with Crippen LogP contribution in [-0.2, 0) is 30.4 Å². The van der Waals surface area contributed by atoms with Crippen molar-refractivity contribution in [3.8, 4) is 5.75 Å². The minimum atomic E-state index is -1.43. The zero-order chi connectivity index (χ0) is 28.1. The number of carbonyl (C=O) groups excluding carboxylic acids is 3. The summed E-state index contributed by atoms with van der Waals surface area (Å²) in [5.74, 6) is -4.39. The number of phenols is 1. The number of rotatable bonds is 16. The third-order valence-corrected chi connectivity index (χ3v) is 6.12. The van der Waals surface area contributed by atoms with E-state index in [4.69, 9.17) is 10.8 Å². The number of phenolic OH excluding ortho intramolecular Hbond substituents is 1. The predicted molar refractivity (Wildman–Crippen MR) is 138 cm³/mol. The fourth-order valence-electron chi connectivity index (χ4n) is 3.34. The van der Waals surface area contributed by atoms with Crippen molar-refractivity contribution in [3.05, 3.63) is 29.8 Å². The highest BCUT2D eigenvalue weighted by atomic mass is 32.2. The molecule has 0 aromatic heterocycles. The highest BCUT2D eigenvalue weighted by molar-refractivity contribution is 7.98. The summed E-state index contributed by atoms with van der Waals surface area (Å²) in [5, 5.41) is 35.0. The van der Waals surface area contributed by atoms with Gasteiger partial charge in [0.1, 0.15) is 23.9 Å². The molecule has 0 aliphatic rings. The van der Waals surface area contributed by atoms with Gasteiger partial charge in [-0.25, -0.2) is 4.79 Å². The molecule has 0 saturated carbocycles. The van der Waals surface area contributed by atoms with Crippen molar-refractivity contribution >= 4 is 41.4 Å². The second-order valence-corrected chi connectivity index (χ2v) is 9.87. The zero-order valence-electron chi connectivity index (χ0n) is 21.1. The van der Waals surface area contributed by atoms with E-state index in [-0.39, 0.29) is 30.9 Å². The molecule has 13 heteroatoms. The SMILES string of the molecule is CSCCC(NC(=O)C(NC(=O)C(N)Cc1ccc(O)cc1)C(C)C)C(=O)NC(CCC(=O)O)C(=O)O. The number of carboxylic acid groups (broad SMARTS) is 2. The molecule has 1 aromatic carbocycles. The normalized spacial score (nSPS) is 14.2. The first-order valence-electron chi connectivity index (χ1n) is 11.7. The van der Waals surface area contributed by atoms with Gasteiger partial charge in [-0.05, 0) is 54.9 Å². The van der Waals surface area contributed by atoms with Crippen molar-refractivity contribution in [2.24, 2.45) is 11.7 Å². The van der Waals surface area contributed by atoms with Crippen molar-refractivity contribution < 1.29 is 39.3 Å². The average molecular weight is 541 g/mol. The maximum Gasteiger partial charge on any atom is 0.326 e. The number of aromatic hydroxyl groups is 1. The molecule has 0 bridgehead atoms. The summed E-state index contributed by atoms with van der Waals surface area (Å²) >= 11 is 1.42. The van der Waals surface area contributed by atoms with Crippen LogP contribution in [0.25, 0.3) is 0 Å². The number of thioether (sulfide) groups is 1. The number of amides is 3. The van der Waals surface area contributed by atoms with Crippen LogP contribution < -0.4 is 21.7 Å². The Kier molecular flexibility index (Phi) is 13.5. The third-order valence-electron chi connectivity index (χ3n) is 5.48. The highest BCUT2D eigenvalue weighted by Crippen LogP contribution is 2.12. The number of carboxylic acids is 2. The van der Waals surface area contributed by atoms with E-state index < -0.39 is 60.2 Å². The van der Waals surface area contributed by atoms with Crippen LogP contribution in [0.4, 0.5) is 0 Å². The van der Waals surface area contributed by atoms with Crippen molar-refractivity contribution in [3.63, 3.8) is 0 Å². The predicted octanol–water partition coefficient (Wildman–Crippen LogP) is 0.0749. The molecule has 0 aliphatic heterocycles. The zero-order valence-corrected chi connectivity index (χ0v) is 21.9. The van der Waals surface area contributed by atoms with Crippen molar-refractivity contribution in [1.29, 1.82) is 0 Å². The maximum atomic E-state index is 13.1. The molecule has 0 radical (unpaired) electrons. The van der Waals surface area contributed by atoms with Crippen LogP contribution in [0.15, 0.2) is 24.3 Å². The number of hydrogen-bond acceptors (Lipinski definition) is 8. The lowest BCUT2D eigenvalue weighted by Crippen LogP contribution is -2.58. The highest BCUT2D eigenvalue weighted by Gasteiger charge is 2.31. The summed E-state index contributed by atoms with van der Waals surface area (Å²) in [6.45, 7) is 3.42. The van der Waals surface area contributed by atoms with E-state index in [0.717, 1.165) is 5.56 Å². The van der Waals surface area contributed by atoms with Gasteiger partial charge in [0.05, 0.1) is 6.04 Å². The van der Waals surface area contributed by atoms with E-state index in [1.807, 2.05) is 0 Å². The molecule has 0 saturated heterocycles. The maximum absolute atomic E-state index is 13.1. The van der Waals surface area contributed by atoms with E-state index in [0.29, 0.717) is 5.75 Å². The number of nitrogens with one attached hydrogen (secondary N) is 3. The lowest BCUT2D eigenvalue weighted by molar-refractivity contribution is -0.143. The van der Waals surface area contributed by atoms with E-state index in [1.54, 1.807) is 32.2 Å². The Hall–Kier alpha value is -3.32. The summed E-state index contributed by atoms with van der Waals surface area (Å²) in [7, 11) is 0. The second-order valence-electron chi connectivity index (χ2n) is 8.88. The van der Waals surface area contributed by atoms with Crippen molar-refractivity contribution in [1.82, 2.24) is 16.0 Å². The van der Waals surface area contributed by atoms with Gasteiger partial charge in [-0.1, -0.05) is 26.0 Å². The summed E-state index contributed by atoms with van der Waals surface area (Å²) in [6, 6.07) is 1.67. The molecule has 3 amide bonds. The van der Waals surface area contributed by atoms with Crippen LogP contribution in [0.1, 0.15) is 38.7 Å². The van der Waals surface area contributed by atoms with Crippen LogP contribution >= 0.6 is 11.8 Å². The molecule has 0 aliphatic carbocycles. The van der Waals surface area contributed by atoms with Gasteiger partial charge in [-0.15, -0.1) is 0 Å². The molecule has 37 heavy (non-hydrogen) atoms. The van der Waals surface area contributed by atoms with Gasteiger partial charge in [-0.3, -0.25) is 19.2 Å². The summed E-state index contributed by atoms with van der Waals surface area (Å²) in [4.78, 5) is 60.9. The van der Waals surface area contributed by atoms with Crippen LogP contribution in [0.2, 0.25) is 0 Å². The van der Waals surface area contributed by atoms with Gasteiger partial charge in [0.25, 0.3) is 0 Å². The molecule has 206 valence electrons. The van der Waals surface area contributed by atoms with E-state index in [2.05, 4.69) is 16.0 Å². The van der Waals surface area contributed by atoms with Gasteiger partial charge < -0.3 is 37.0 Å². The quantitative estimate of drug-likeness (QED) is 0.150. The average Bonchev–Trinajstić information content (AvgIpc) is 2.82. The minimum Gasteiger partial charge on any atom is -0.508 e. The van der Waals surface area contributed by atoms with Crippen LogP contribution in [-0.4, -0.2) is 81.2 Å². The second kappa shape index (κ2) is 15.7. The summed E-state index contributed by atoms with van der Waals surface area (Å²) in [5.41, 5.74) is 6.73. The van der Waals surface area contributed by atoms with E-state index >= 15 is 0 Å². The number of hydrogen-bond donors (Lipinski definition) is 7. The molecule has 12 nitrogen and oxygen atoms in total. The number of benzene rings is 1. The molecule has 0 heterocycles. The first kappa shape index (κ1) is 31.7. The Morgan fingerprint density at radius 2 is 1.49 bits per heavy atom. The fraction of sp³-hybridized carbons (Fsp3) is 0.542. The molecule has 0 fully saturated rings. The largest absolute Gasteiger partial charge is 0.508 e. The van der Waals surface area contributed by atoms with Gasteiger partial charge in [0, 0.05) is 6.42 Å². The van der Waals surface area contributed by atoms with Gasteiger partial charge in [0.15, 0.2) is 0 Å². The number of nitrogens with two attached hydrogens (primary N) is 1. The molecule has 4 atom stereocenters. The molecule has 1 rings (SSSR count).